The van der Waals surface area contributed by atoms with E-state index in [1.165, 1.54) is 0 Å². The zero-order chi connectivity index (χ0) is 9.68. The van der Waals surface area contributed by atoms with Gasteiger partial charge in [-0.25, -0.2) is 0 Å². The van der Waals surface area contributed by atoms with Crippen LogP contribution >= 0.6 is 34.5 Å². The van der Waals surface area contributed by atoms with E-state index in [1.54, 1.807) is 4.90 Å². The maximum absolute atomic E-state index is 11.4. The molecule has 1 heterocycles. The molecule has 1 aliphatic rings. The van der Waals surface area contributed by atoms with Crippen LogP contribution in [0.4, 0.5) is 4.79 Å². The van der Waals surface area contributed by atoms with Gasteiger partial charge in [0.05, 0.1) is 0 Å². The molecule has 0 aromatic heterocycles. The number of carbonyl (C=O) groups is 1. The van der Waals surface area contributed by atoms with Gasteiger partial charge < -0.3 is 0 Å². The Morgan fingerprint density at radius 3 is 2.77 bits per heavy atom. The third-order valence-electron chi connectivity index (χ3n) is 1.60. The Labute approximate surface area is 94.9 Å². The average Bonchev–Trinajstić information content (AvgIpc) is 2.15. The van der Waals surface area contributed by atoms with E-state index >= 15 is 0 Å². The average molecular weight is 413 g/mol. The Morgan fingerprint density at radius 2 is 2.23 bits per heavy atom. The number of halogens is 2. The van der Waals surface area contributed by atoms with Gasteiger partial charge in [-0.05, 0) is 0 Å². The molecule has 0 N–H and O–H groups in total. The molecule has 1 aliphatic heterocycles. The number of amides is 1. The molecule has 1 amide bonds. The minimum atomic E-state index is -0.962. The quantitative estimate of drug-likeness (QED) is 0.513. The first-order valence-electron chi connectivity index (χ1n) is 3.92. The van der Waals surface area contributed by atoms with Gasteiger partial charge in [0.2, 0.25) is 0 Å². The standard InChI is InChI=1S/C7H13I2NO3/c1-9(8)6-13-7(11)10-2-4-12-5-3-10/h2-6H2,1H3. The van der Waals surface area contributed by atoms with Gasteiger partial charge >= 0.3 is 95.6 Å². The maximum atomic E-state index is 11.4. The summed E-state index contributed by atoms with van der Waals surface area (Å²) in [4.78, 5) is 15.2. The van der Waals surface area contributed by atoms with Crippen molar-refractivity contribution in [1.29, 1.82) is 0 Å². The summed E-state index contributed by atoms with van der Waals surface area (Å²) in [6.07, 6.45) is -0.177. The molecule has 0 saturated carbocycles. The van der Waals surface area contributed by atoms with Crippen LogP contribution in [0.15, 0.2) is 0 Å². The van der Waals surface area contributed by atoms with E-state index in [2.05, 4.69) is 23.5 Å². The Bertz CT molecular complexity index is 171. The van der Waals surface area contributed by atoms with Crippen LogP contribution in [0.2, 0.25) is 0 Å². The molecule has 0 aromatic carbocycles. The molecule has 0 bridgehead atoms. The van der Waals surface area contributed by atoms with Crippen LogP contribution < -0.4 is 0 Å². The molecule has 4 nitrogen and oxygen atoms in total. The Kier molecular flexibility index (Phi) is 5.63. The first kappa shape index (κ1) is 11.8. The van der Waals surface area contributed by atoms with E-state index < -0.39 is 15.8 Å². The van der Waals surface area contributed by atoms with Crippen molar-refractivity contribution in [2.45, 2.75) is 0 Å². The van der Waals surface area contributed by atoms with E-state index in [0.717, 1.165) is 0 Å². The van der Waals surface area contributed by atoms with Crippen LogP contribution in [0, 0.1) is 0 Å². The summed E-state index contributed by atoms with van der Waals surface area (Å²) in [7, 11) is 0. The third kappa shape index (κ3) is 4.63. The van der Waals surface area contributed by atoms with E-state index in [-0.39, 0.29) is 6.09 Å². The zero-order valence-corrected chi connectivity index (χ0v) is 11.8. The van der Waals surface area contributed by atoms with Crippen LogP contribution in [-0.4, -0.2) is 46.8 Å². The van der Waals surface area contributed by atoms with Gasteiger partial charge in [-0.1, -0.05) is 0 Å². The summed E-state index contributed by atoms with van der Waals surface area (Å²) in [5.41, 5.74) is 0. The molecule has 1 saturated heterocycles. The predicted molar refractivity (Wildman–Crippen MR) is 67.7 cm³/mol. The fourth-order valence-electron chi connectivity index (χ4n) is 0.959. The molecule has 13 heavy (non-hydrogen) atoms. The fourth-order valence-corrected chi connectivity index (χ4v) is 2.44. The molecule has 1 fully saturated rings. The van der Waals surface area contributed by atoms with Crippen molar-refractivity contribution in [3.05, 3.63) is 0 Å². The SMILES string of the molecule is CI(I)COC(=O)N1CCOCC1. The molecule has 1 rings (SSSR count). The van der Waals surface area contributed by atoms with Gasteiger partial charge in [-0.3, -0.25) is 0 Å². The second-order valence-corrected chi connectivity index (χ2v) is 15.5. The zero-order valence-electron chi connectivity index (χ0n) is 7.46. The van der Waals surface area contributed by atoms with E-state index in [1.807, 2.05) is 0 Å². The molecule has 0 spiro atoms. The number of ether oxygens (including phenoxy) is 2. The van der Waals surface area contributed by atoms with Gasteiger partial charge in [-0.2, -0.15) is 0 Å². The van der Waals surface area contributed by atoms with Crippen LogP contribution in [0.25, 0.3) is 0 Å². The summed E-state index contributed by atoms with van der Waals surface area (Å²) in [6, 6.07) is 0. The van der Waals surface area contributed by atoms with Crippen molar-refractivity contribution < 1.29 is 14.3 Å². The molecule has 0 atom stereocenters. The Hall–Kier alpha value is 0.690. The summed E-state index contributed by atoms with van der Waals surface area (Å²) in [5.74, 6) is 0. The van der Waals surface area contributed by atoms with E-state index in [4.69, 9.17) is 9.47 Å². The number of morpholine rings is 1. The summed E-state index contributed by atoms with van der Waals surface area (Å²) < 4.78 is 10.9. The predicted octanol–water partition coefficient (Wildman–Crippen LogP) is 1.90. The number of alkyl halides is 2. The fraction of sp³-hybridized carbons (Fsp3) is 0.857. The summed E-state index contributed by atoms with van der Waals surface area (Å²) >= 11 is 1.42. The van der Waals surface area contributed by atoms with Crippen molar-refractivity contribution in [2.75, 3.05) is 35.8 Å². The number of rotatable bonds is 2. The minimum absolute atomic E-state index is 0.177. The van der Waals surface area contributed by atoms with Gasteiger partial charge in [-0.15, -0.1) is 0 Å². The van der Waals surface area contributed by atoms with E-state index in [0.29, 0.717) is 30.9 Å². The molecule has 78 valence electrons. The molecule has 0 radical (unpaired) electrons. The first-order valence-corrected chi connectivity index (χ1v) is 13.9. The van der Waals surface area contributed by atoms with Crippen molar-refractivity contribution in [1.82, 2.24) is 4.90 Å². The number of carbonyl (C=O) groups excluding carboxylic acids is 1. The normalized spacial score (nSPS) is 18.3. The first-order chi connectivity index (χ1) is 6.20. The molecule has 6 heteroatoms. The number of hydrogen-bond acceptors (Lipinski definition) is 3. The number of nitrogens with zero attached hydrogens (tertiary/aromatic N) is 1. The summed E-state index contributed by atoms with van der Waals surface area (Å²) in [6.45, 7) is 2.59. The van der Waals surface area contributed by atoms with Crippen LogP contribution in [-0.2, 0) is 9.47 Å². The van der Waals surface area contributed by atoms with Crippen molar-refractivity contribution in [3.8, 4) is 0 Å². The van der Waals surface area contributed by atoms with Crippen molar-refractivity contribution in [2.24, 2.45) is 0 Å². The second-order valence-electron chi connectivity index (χ2n) is 2.63. The molecule has 0 aliphatic carbocycles. The van der Waals surface area contributed by atoms with Gasteiger partial charge in [0.25, 0.3) is 0 Å². The molecule has 0 unspecified atom stereocenters. The van der Waals surface area contributed by atoms with Crippen molar-refractivity contribution in [3.63, 3.8) is 0 Å². The number of hydrogen-bond donors (Lipinski definition) is 0. The molecular weight excluding hydrogens is 400 g/mol. The third-order valence-corrected chi connectivity index (χ3v) is 4.35. The van der Waals surface area contributed by atoms with Gasteiger partial charge in [0.15, 0.2) is 0 Å². The molecule has 0 aromatic rings. The van der Waals surface area contributed by atoms with Crippen LogP contribution in [0.5, 0.6) is 0 Å². The van der Waals surface area contributed by atoms with E-state index in [9.17, 15) is 4.79 Å². The van der Waals surface area contributed by atoms with Crippen molar-refractivity contribution >= 4 is 40.6 Å². The monoisotopic (exact) mass is 413 g/mol. The van der Waals surface area contributed by atoms with Crippen LogP contribution in [0.3, 0.4) is 0 Å². The van der Waals surface area contributed by atoms with Gasteiger partial charge in [0.1, 0.15) is 0 Å². The van der Waals surface area contributed by atoms with Crippen LogP contribution in [0.1, 0.15) is 0 Å². The topological polar surface area (TPSA) is 38.8 Å². The van der Waals surface area contributed by atoms with Gasteiger partial charge in [0, 0.05) is 0 Å². The molecular formula is C7H13I2NO3. The summed E-state index contributed by atoms with van der Waals surface area (Å²) in [5, 5.41) is 0. The second kappa shape index (κ2) is 6.23. The Morgan fingerprint density at radius 1 is 1.62 bits per heavy atom. The Balaban J connectivity index is 2.21.